The van der Waals surface area contributed by atoms with E-state index < -0.39 is 11.9 Å². The van der Waals surface area contributed by atoms with E-state index in [1.54, 1.807) is 19.5 Å². The molecule has 0 aliphatic heterocycles. The Morgan fingerprint density at radius 3 is 2.51 bits per heavy atom. The minimum Gasteiger partial charge on any atom is -0.484 e. The molecule has 2 N–H and O–H groups in total. The van der Waals surface area contributed by atoms with Gasteiger partial charge in [-0.3, -0.25) is 9.79 Å². The second-order valence-electron chi connectivity index (χ2n) is 8.53. The SMILES string of the molecule is C=C/C(=C\C=C(/C)C1=CCC=C(OCC(=O)N/C(C=C)=C(/SC)C(=O)OC)C=C1)CN(C=C)/C=C\C(CNC)=NC. The lowest BCUT2D eigenvalue weighted by Crippen LogP contribution is -2.28. The molecule has 8 nitrogen and oxygen atoms in total. The fraction of sp³-hybridized carbons (Fsp3) is 0.281. The van der Waals surface area contributed by atoms with Crippen LogP contribution in [-0.2, 0) is 19.1 Å². The molecule has 0 atom stereocenters. The third-order valence-electron chi connectivity index (χ3n) is 5.72. The number of amides is 1. The third-order valence-corrected chi connectivity index (χ3v) is 6.51. The molecular weight excluding hydrogens is 536 g/mol. The van der Waals surface area contributed by atoms with Crippen molar-refractivity contribution in [2.24, 2.45) is 4.99 Å². The van der Waals surface area contributed by atoms with E-state index in [4.69, 9.17) is 9.47 Å². The molecule has 1 amide bonds. The molecule has 220 valence electrons. The maximum atomic E-state index is 12.4. The molecule has 0 aromatic heterocycles. The molecule has 1 aliphatic rings. The summed E-state index contributed by atoms with van der Waals surface area (Å²) in [6.07, 6.45) is 23.1. The number of rotatable bonds is 17. The third kappa shape index (κ3) is 12.8. The minimum atomic E-state index is -0.546. The molecule has 0 saturated carbocycles. The Morgan fingerprint density at radius 1 is 1.17 bits per heavy atom. The van der Waals surface area contributed by atoms with Gasteiger partial charge in [0.2, 0.25) is 0 Å². The summed E-state index contributed by atoms with van der Waals surface area (Å²) in [5.41, 5.74) is 4.34. The zero-order chi connectivity index (χ0) is 30.6. The number of aliphatic imine (C=N–C) groups is 1. The van der Waals surface area contributed by atoms with Gasteiger partial charge in [0.1, 0.15) is 10.7 Å². The van der Waals surface area contributed by atoms with Crippen molar-refractivity contribution in [3.63, 3.8) is 0 Å². The van der Waals surface area contributed by atoms with Gasteiger partial charge in [-0.1, -0.05) is 50.1 Å². The highest BCUT2D eigenvalue weighted by atomic mass is 32.2. The van der Waals surface area contributed by atoms with Crippen molar-refractivity contribution >= 4 is 29.4 Å². The Morgan fingerprint density at radius 2 is 1.93 bits per heavy atom. The summed E-state index contributed by atoms with van der Waals surface area (Å²) in [6.45, 7) is 14.6. The van der Waals surface area contributed by atoms with E-state index in [1.807, 2.05) is 67.6 Å². The molecule has 0 heterocycles. The average Bonchev–Trinajstić information content (AvgIpc) is 3.24. The zero-order valence-electron chi connectivity index (χ0n) is 24.7. The maximum absolute atomic E-state index is 12.4. The summed E-state index contributed by atoms with van der Waals surface area (Å²) in [6, 6.07) is 0. The molecule has 0 saturated heterocycles. The number of carbonyl (C=O) groups excluding carboxylic acids is 2. The predicted molar refractivity (Wildman–Crippen MR) is 172 cm³/mol. The van der Waals surface area contributed by atoms with Gasteiger partial charge in [0, 0.05) is 32.0 Å². The van der Waals surface area contributed by atoms with E-state index in [-0.39, 0.29) is 17.2 Å². The second kappa shape index (κ2) is 19.9. The number of methoxy groups -OCH3 is 1. The highest BCUT2D eigenvalue weighted by molar-refractivity contribution is 8.03. The summed E-state index contributed by atoms with van der Waals surface area (Å²) in [7, 11) is 4.93. The van der Waals surface area contributed by atoms with Crippen LogP contribution < -0.4 is 10.6 Å². The second-order valence-corrected chi connectivity index (χ2v) is 9.34. The van der Waals surface area contributed by atoms with Crippen molar-refractivity contribution < 1.29 is 19.1 Å². The lowest BCUT2D eigenvalue weighted by molar-refractivity contribution is -0.135. The molecule has 0 radical (unpaired) electrons. The van der Waals surface area contributed by atoms with Gasteiger partial charge in [0.05, 0.1) is 12.8 Å². The van der Waals surface area contributed by atoms with E-state index in [9.17, 15) is 9.59 Å². The van der Waals surface area contributed by atoms with E-state index in [2.05, 4.69) is 41.4 Å². The van der Waals surface area contributed by atoms with Gasteiger partial charge in [-0.25, -0.2) is 4.79 Å². The minimum absolute atomic E-state index is 0.221. The van der Waals surface area contributed by atoms with E-state index in [1.165, 1.54) is 13.2 Å². The molecule has 1 rings (SSSR count). The van der Waals surface area contributed by atoms with Crippen LogP contribution in [0.1, 0.15) is 13.3 Å². The van der Waals surface area contributed by atoms with Crippen LogP contribution in [0.4, 0.5) is 0 Å². The number of hydrogen-bond acceptors (Lipinski definition) is 8. The summed E-state index contributed by atoms with van der Waals surface area (Å²) in [5, 5.41) is 5.75. The zero-order valence-corrected chi connectivity index (χ0v) is 25.6. The molecule has 0 aromatic carbocycles. The molecule has 0 bridgehead atoms. The van der Waals surface area contributed by atoms with Crippen LogP contribution in [0, 0.1) is 0 Å². The van der Waals surface area contributed by atoms with Crippen molar-refractivity contribution in [2.45, 2.75) is 13.3 Å². The quantitative estimate of drug-likeness (QED) is 0.107. The van der Waals surface area contributed by atoms with Gasteiger partial charge in [-0.15, -0.1) is 11.8 Å². The van der Waals surface area contributed by atoms with Crippen molar-refractivity contribution in [3.8, 4) is 0 Å². The summed E-state index contributed by atoms with van der Waals surface area (Å²) >= 11 is 1.16. The fourth-order valence-electron chi connectivity index (χ4n) is 3.42. The molecular formula is C32H42N4O4S. The van der Waals surface area contributed by atoms with Crippen LogP contribution in [-0.4, -0.2) is 69.6 Å². The van der Waals surface area contributed by atoms with Crippen molar-refractivity contribution in [1.29, 1.82) is 0 Å². The van der Waals surface area contributed by atoms with E-state index in [0.717, 1.165) is 34.2 Å². The number of hydrogen-bond donors (Lipinski definition) is 2. The number of ether oxygens (including phenoxy) is 2. The average molecular weight is 579 g/mol. The Labute approximate surface area is 249 Å². The number of allylic oxidation sites excluding steroid dienone is 9. The number of nitrogens with one attached hydrogen (secondary N) is 2. The number of esters is 1. The topological polar surface area (TPSA) is 92.3 Å². The number of thioether (sulfide) groups is 1. The van der Waals surface area contributed by atoms with Crippen LogP contribution in [0.3, 0.4) is 0 Å². The molecule has 0 aromatic rings. The fourth-order valence-corrected chi connectivity index (χ4v) is 4.02. The largest absolute Gasteiger partial charge is 0.484 e. The Balaban J connectivity index is 2.84. The van der Waals surface area contributed by atoms with E-state index in [0.29, 0.717) is 25.3 Å². The van der Waals surface area contributed by atoms with Crippen molar-refractivity contribution in [3.05, 3.63) is 120 Å². The smallest absolute Gasteiger partial charge is 0.346 e. The number of carbonyl (C=O) groups is 2. The van der Waals surface area contributed by atoms with Crippen LogP contribution in [0.15, 0.2) is 125 Å². The van der Waals surface area contributed by atoms with Gasteiger partial charge in [-0.2, -0.15) is 0 Å². The lowest BCUT2D eigenvalue weighted by atomic mass is 10.1. The van der Waals surface area contributed by atoms with Crippen LogP contribution in [0.5, 0.6) is 0 Å². The molecule has 0 unspecified atom stereocenters. The molecule has 1 aliphatic carbocycles. The first-order chi connectivity index (χ1) is 19.8. The van der Waals surface area contributed by atoms with Gasteiger partial charge < -0.3 is 25.0 Å². The highest BCUT2D eigenvalue weighted by Crippen LogP contribution is 2.20. The van der Waals surface area contributed by atoms with Gasteiger partial charge in [0.15, 0.2) is 6.61 Å². The van der Waals surface area contributed by atoms with E-state index >= 15 is 0 Å². The Hall–Kier alpha value is -4.08. The molecule has 0 spiro atoms. The first kappa shape index (κ1) is 34.9. The normalized spacial score (nSPS) is 14.8. The van der Waals surface area contributed by atoms with Gasteiger partial charge in [-0.05, 0) is 73.9 Å². The predicted octanol–water partition coefficient (Wildman–Crippen LogP) is 5.13. The first-order valence-corrected chi connectivity index (χ1v) is 14.2. The molecule has 0 fully saturated rings. The highest BCUT2D eigenvalue weighted by Gasteiger charge is 2.16. The van der Waals surface area contributed by atoms with Crippen LogP contribution >= 0.6 is 11.8 Å². The Kier molecular flexibility index (Phi) is 17.0. The van der Waals surface area contributed by atoms with Crippen molar-refractivity contribution in [1.82, 2.24) is 15.5 Å². The summed E-state index contributed by atoms with van der Waals surface area (Å²) in [4.78, 5) is 30.8. The first-order valence-electron chi connectivity index (χ1n) is 12.9. The lowest BCUT2D eigenvalue weighted by Gasteiger charge is -2.15. The standard InChI is InChI=1S/C32H42N4O4S/c1-9-25(22-36(11-3)20-19-27(34-6)21-33-5)16-15-24(4)26-13-12-14-28(18-17-26)40-23-30(37)35-29(10-2)31(41-8)32(38)39-7/h9-11,13-20,33H,1-3,12,21-23H2,4-8H3,(H,35,37)/b20-19-,24-15+,25-16+,31-29+,34-27?. The van der Waals surface area contributed by atoms with Crippen LogP contribution in [0.2, 0.25) is 0 Å². The summed E-state index contributed by atoms with van der Waals surface area (Å²) < 4.78 is 10.5. The number of nitrogens with zero attached hydrogens (tertiary/aromatic N) is 2. The van der Waals surface area contributed by atoms with Gasteiger partial charge in [0.25, 0.3) is 5.91 Å². The summed E-state index contributed by atoms with van der Waals surface area (Å²) in [5.74, 6) is -0.384. The van der Waals surface area contributed by atoms with Crippen LogP contribution in [0.25, 0.3) is 0 Å². The monoisotopic (exact) mass is 578 g/mol. The van der Waals surface area contributed by atoms with Crippen molar-refractivity contribution in [2.75, 3.05) is 47.2 Å². The molecule has 41 heavy (non-hydrogen) atoms. The molecule has 9 heteroatoms. The Bertz CT molecular complexity index is 1220. The maximum Gasteiger partial charge on any atom is 0.346 e. The van der Waals surface area contributed by atoms with Gasteiger partial charge >= 0.3 is 5.97 Å².